The summed E-state index contributed by atoms with van der Waals surface area (Å²) in [5.41, 5.74) is 3.15. The Morgan fingerprint density at radius 2 is 2.12 bits per heavy atom. The first-order valence-corrected chi connectivity index (χ1v) is 10.1. The normalized spacial score (nSPS) is 17.6. The van der Waals surface area contributed by atoms with E-state index < -0.39 is 0 Å². The Labute approximate surface area is 170 Å². The molecule has 4 rings (SSSR count). The summed E-state index contributed by atoms with van der Waals surface area (Å²) in [7, 11) is 0. The number of ether oxygens (including phenoxy) is 1. The van der Waals surface area contributed by atoms with Gasteiger partial charge in [-0.05, 0) is 67.3 Å². The lowest BCUT2D eigenvalue weighted by Crippen LogP contribution is -2.18. The van der Waals surface area contributed by atoms with Gasteiger partial charge in [-0.1, -0.05) is 17.7 Å². The molecule has 3 aromatic rings. The number of nitrogens with zero attached hydrogens (tertiary/aromatic N) is 4. The second kappa shape index (κ2) is 7.28. The molecule has 1 unspecified atom stereocenters. The summed E-state index contributed by atoms with van der Waals surface area (Å²) in [6.07, 6.45) is 5.18. The minimum atomic E-state index is 0.00711. The summed E-state index contributed by atoms with van der Waals surface area (Å²) >= 11 is 8.38. The van der Waals surface area contributed by atoms with Crippen LogP contribution in [-0.4, -0.2) is 26.4 Å². The van der Waals surface area contributed by atoms with Crippen LogP contribution in [0.2, 0.25) is 5.15 Å². The van der Waals surface area contributed by atoms with Crippen LogP contribution in [-0.2, 0) is 4.74 Å². The van der Waals surface area contributed by atoms with Gasteiger partial charge in [0, 0.05) is 12.0 Å². The molecule has 6 nitrogen and oxygen atoms in total. The number of nitrogens with one attached hydrogen (secondary N) is 1. The zero-order valence-corrected chi connectivity index (χ0v) is 17.5. The summed E-state index contributed by atoms with van der Waals surface area (Å²) in [6, 6.07) is 4.19. The molecular formula is C18H19ClIN5O. The number of fused-ring (bicyclic) bond motifs is 1. The number of hydrogen-bond acceptors (Lipinski definition) is 5. The smallest absolute Gasteiger partial charge is 0.150 e. The lowest BCUT2D eigenvalue weighted by molar-refractivity contribution is -0.0366. The predicted octanol–water partition coefficient (Wildman–Crippen LogP) is 5.14. The number of benzene rings is 1. The maximum Gasteiger partial charge on any atom is 0.150 e. The van der Waals surface area contributed by atoms with Gasteiger partial charge in [-0.3, -0.25) is 0 Å². The van der Waals surface area contributed by atoms with Gasteiger partial charge in [0.25, 0.3) is 0 Å². The lowest BCUT2D eigenvalue weighted by Gasteiger charge is -2.23. The zero-order valence-electron chi connectivity index (χ0n) is 14.6. The van der Waals surface area contributed by atoms with Crippen LogP contribution >= 0.6 is 34.2 Å². The van der Waals surface area contributed by atoms with Gasteiger partial charge in [0.1, 0.15) is 16.8 Å². The molecule has 1 saturated heterocycles. The van der Waals surface area contributed by atoms with Gasteiger partial charge in [0.15, 0.2) is 6.23 Å². The molecule has 0 spiro atoms. The number of anilines is 2. The first-order valence-electron chi connectivity index (χ1n) is 8.59. The molecule has 136 valence electrons. The van der Waals surface area contributed by atoms with Gasteiger partial charge in [0.05, 0.1) is 21.0 Å². The first-order chi connectivity index (χ1) is 12.5. The van der Waals surface area contributed by atoms with Gasteiger partial charge >= 0.3 is 0 Å². The van der Waals surface area contributed by atoms with Crippen molar-refractivity contribution in [1.82, 2.24) is 19.7 Å². The number of halogens is 2. The maximum absolute atomic E-state index is 6.22. The van der Waals surface area contributed by atoms with Gasteiger partial charge in [-0.25, -0.2) is 14.6 Å². The summed E-state index contributed by atoms with van der Waals surface area (Å²) in [5, 5.41) is 9.55. The summed E-state index contributed by atoms with van der Waals surface area (Å²) in [6.45, 7) is 4.69. The molecule has 0 saturated carbocycles. The van der Waals surface area contributed by atoms with E-state index >= 15 is 0 Å². The fourth-order valence-electron chi connectivity index (χ4n) is 3.27. The van der Waals surface area contributed by atoms with Crippen LogP contribution in [0.15, 0.2) is 18.3 Å². The third-order valence-corrected chi connectivity index (χ3v) is 6.20. The molecular weight excluding hydrogens is 465 g/mol. The van der Waals surface area contributed by atoms with E-state index in [4.69, 9.17) is 16.3 Å². The third kappa shape index (κ3) is 3.27. The van der Waals surface area contributed by atoms with Crippen molar-refractivity contribution in [2.45, 2.75) is 39.3 Å². The molecule has 0 amide bonds. The molecule has 1 aliphatic rings. The quantitative estimate of drug-likeness (QED) is 0.413. The van der Waals surface area contributed by atoms with Crippen LogP contribution in [0.4, 0.5) is 11.5 Å². The Hall–Kier alpha value is -1.45. The van der Waals surface area contributed by atoms with Crippen molar-refractivity contribution in [3.05, 3.63) is 38.4 Å². The summed E-state index contributed by atoms with van der Waals surface area (Å²) in [5.74, 6) is 1.34. The summed E-state index contributed by atoms with van der Waals surface area (Å²) < 4.78 is 8.70. The molecule has 0 bridgehead atoms. The monoisotopic (exact) mass is 483 g/mol. The fraction of sp³-hybridized carbons (Fsp3) is 0.389. The van der Waals surface area contributed by atoms with Crippen molar-refractivity contribution in [2.75, 3.05) is 11.9 Å². The van der Waals surface area contributed by atoms with Crippen molar-refractivity contribution in [3.63, 3.8) is 0 Å². The molecule has 8 heteroatoms. The molecule has 2 aromatic heterocycles. The number of rotatable bonds is 3. The molecule has 1 N–H and O–H groups in total. The lowest BCUT2D eigenvalue weighted by atomic mass is 10.1. The van der Waals surface area contributed by atoms with Crippen LogP contribution in [0.1, 0.15) is 36.9 Å². The van der Waals surface area contributed by atoms with E-state index in [2.05, 4.69) is 62.0 Å². The Morgan fingerprint density at radius 3 is 2.88 bits per heavy atom. The van der Waals surface area contributed by atoms with E-state index in [0.29, 0.717) is 16.8 Å². The van der Waals surface area contributed by atoms with Gasteiger partial charge in [0.2, 0.25) is 0 Å². The zero-order chi connectivity index (χ0) is 18.3. The van der Waals surface area contributed by atoms with Crippen molar-refractivity contribution < 1.29 is 4.74 Å². The maximum atomic E-state index is 6.22. The predicted molar refractivity (Wildman–Crippen MR) is 111 cm³/mol. The van der Waals surface area contributed by atoms with E-state index in [9.17, 15) is 0 Å². The van der Waals surface area contributed by atoms with Crippen LogP contribution in [0, 0.1) is 17.4 Å². The van der Waals surface area contributed by atoms with E-state index in [1.54, 1.807) is 0 Å². The minimum absolute atomic E-state index is 0.00711. The molecule has 26 heavy (non-hydrogen) atoms. The van der Waals surface area contributed by atoms with Crippen LogP contribution < -0.4 is 5.32 Å². The first kappa shape index (κ1) is 17.9. The van der Waals surface area contributed by atoms with E-state index in [1.165, 1.54) is 6.42 Å². The highest BCUT2D eigenvalue weighted by molar-refractivity contribution is 14.1. The van der Waals surface area contributed by atoms with Crippen LogP contribution in [0.25, 0.3) is 10.9 Å². The average Bonchev–Trinajstić information content (AvgIpc) is 3.06. The topological polar surface area (TPSA) is 64.9 Å². The number of aromatic nitrogens is 4. The van der Waals surface area contributed by atoms with Crippen LogP contribution in [0.3, 0.4) is 0 Å². The van der Waals surface area contributed by atoms with Crippen molar-refractivity contribution in [1.29, 1.82) is 0 Å². The van der Waals surface area contributed by atoms with Gasteiger partial charge < -0.3 is 10.1 Å². The Kier molecular flexibility index (Phi) is 5.02. The Balaban J connectivity index is 1.78. The van der Waals surface area contributed by atoms with Gasteiger partial charge in [-0.2, -0.15) is 5.10 Å². The van der Waals surface area contributed by atoms with Gasteiger partial charge in [-0.15, -0.1) is 0 Å². The highest BCUT2D eigenvalue weighted by Crippen LogP contribution is 2.34. The van der Waals surface area contributed by atoms with Crippen molar-refractivity contribution in [3.8, 4) is 0 Å². The molecule has 1 aliphatic heterocycles. The average molecular weight is 484 g/mol. The van der Waals surface area contributed by atoms with Crippen LogP contribution in [0.5, 0.6) is 0 Å². The highest BCUT2D eigenvalue weighted by Gasteiger charge is 2.20. The Morgan fingerprint density at radius 1 is 1.27 bits per heavy atom. The highest BCUT2D eigenvalue weighted by atomic mass is 127. The second-order valence-corrected chi connectivity index (χ2v) is 7.89. The number of aryl methyl sites for hydroxylation is 2. The van der Waals surface area contributed by atoms with E-state index in [-0.39, 0.29) is 6.23 Å². The third-order valence-electron chi connectivity index (χ3n) is 4.58. The number of hydrogen-bond donors (Lipinski definition) is 1. The van der Waals surface area contributed by atoms with E-state index in [1.807, 2.05) is 17.8 Å². The minimum Gasteiger partial charge on any atom is -0.356 e. The summed E-state index contributed by atoms with van der Waals surface area (Å²) in [4.78, 5) is 8.71. The molecule has 1 fully saturated rings. The molecule has 1 aromatic carbocycles. The molecule has 3 heterocycles. The van der Waals surface area contributed by atoms with E-state index in [0.717, 1.165) is 45.2 Å². The molecule has 1 atom stereocenters. The van der Waals surface area contributed by atoms with Crippen molar-refractivity contribution >= 4 is 56.6 Å². The molecule has 0 aliphatic carbocycles. The largest absolute Gasteiger partial charge is 0.356 e. The standard InChI is InChI=1S/C18H19ClIN5O/c1-10-6-7-13-12(9-21-25(13)14-5-3-4-8-26-14)16(10)24-18-15(20)17(19)22-11(2)23-18/h6-7,9,14H,3-5,8H2,1-2H3,(H,22,23,24). The van der Waals surface area contributed by atoms with Crippen molar-refractivity contribution in [2.24, 2.45) is 0 Å². The molecule has 0 radical (unpaired) electrons. The second-order valence-electron chi connectivity index (χ2n) is 6.45. The SMILES string of the molecule is Cc1nc(Cl)c(I)c(Nc2c(C)ccc3c2cnn3C2CCCCO2)n1. The fourth-order valence-corrected chi connectivity index (χ4v) is 3.86. The Bertz CT molecular complexity index is 968.